The molecule has 0 spiro atoms. The number of para-hydroxylation sites is 2. The summed E-state index contributed by atoms with van der Waals surface area (Å²) >= 11 is 0. The van der Waals surface area contributed by atoms with Crippen LogP contribution in [0.15, 0.2) is 174 Å². The van der Waals surface area contributed by atoms with Crippen LogP contribution in [0, 0.1) is 22.7 Å². The van der Waals surface area contributed by atoms with E-state index in [0.29, 0.717) is 11.1 Å². The number of nitriles is 2. The average molecular weight is 701 g/mol. The van der Waals surface area contributed by atoms with Crippen molar-refractivity contribution >= 4 is 65.6 Å². The van der Waals surface area contributed by atoms with Gasteiger partial charge in [0.15, 0.2) is 0 Å². The van der Waals surface area contributed by atoms with Gasteiger partial charge in [0.05, 0.1) is 45.3 Å². The summed E-state index contributed by atoms with van der Waals surface area (Å²) in [5.74, 6) is 0. The number of hydrogen-bond acceptors (Lipinski definition) is 3. The number of nitrogens with zero attached hydrogens (tertiary/aromatic N) is 4. The molecule has 0 radical (unpaired) electrons. The summed E-state index contributed by atoms with van der Waals surface area (Å²) in [5, 5.41) is 25.6. The zero-order valence-corrected chi connectivity index (χ0v) is 29.4. The van der Waals surface area contributed by atoms with Gasteiger partial charge >= 0.3 is 0 Å². The predicted octanol–water partition coefficient (Wildman–Crippen LogP) is 12.9. The van der Waals surface area contributed by atoms with Crippen LogP contribution in [0.25, 0.3) is 99.2 Å². The van der Waals surface area contributed by atoms with Gasteiger partial charge in [-0.15, -0.1) is 0 Å². The van der Waals surface area contributed by atoms with Gasteiger partial charge in [0.1, 0.15) is 11.2 Å². The van der Waals surface area contributed by atoms with Crippen molar-refractivity contribution in [3.8, 4) is 45.8 Å². The van der Waals surface area contributed by atoms with Crippen LogP contribution in [-0.2, 0) is 0 Å². The third kappa shape index (κ3) is 4.71. The molecule has 0 aliphatic heterocycles. The van der Waals surface area contributed by atoms with Gasteiger partial charge in [0.25, 0.3) is 0 Å². The number of furan rings is 1. The smallest absolute Gasteiger partial charge is 0.135 e. The molecule has 0 fully saturated rings. The predicted molar refractivity (Wildman–Crippen MR) is 223 cm³/mol. The van der Waals surface area contributed by atoms with Gasteiger partial charge in [0.2, 0.25) is 0 Å². The molecule has 0 unspecified atom stereocenters. The van der Waals surface area contributed by atoms with Gasteiger partial charge in [-0.3, -0.25) is 0 Å². The second-order valence-corrected chi connectivity index (χ2v) is 14.0. The molecule has 0 amide bonds. The Morgan fingerprint density at radius 2 is 0.709 bits per heavy atom. The molecular weight excluding hydrogens is 673 g/mol. The Morgan fingerprint density at radius 1 is 0.345 bits per heavy atom. The van der Waals surface area contributed by atoms with Gasteiger partial charge in [-0.25, -0.2) is 0 Å². The summed E-state index contributed by atoms with van der Waals surface area (Å²) < 4.78 is 10.9. The Hall–Kier alpha value is -7.86. The van der Waals surface area contributed by atoms with E-state index in [4.69, 9.17) is 4.42 Å². The fraction of sp³-hybridized carbons (Fsp3) is 0. The van der Waals surface area contributed by atoms with Crippen LogP contribution in [0.4, 0.5) is 0 Å². The summed E-state index contributed by atoms with van der Waals surface area (Å²) in [6.07, 6.45) is 0. The molecule has 3 aromatic heterocycles. The maximum absolute atomic E-state index is 9.36. The van der Waals surface area contributed by atoms with Crippen LogP contribution in [0.5, 0.6) is 0 Å². The third-order valence-electron chi connectivity index (χ3n) is 11.0. The van der Waals surface area contributed by atoms with Gasteiger partial charge < -0.3 is 13.6 Å². The topological polar surface area (TPSA) is 70.6 Å². The van der Waals surface area contributed by atoms with E-state index in [9.17, 15) is 10.5 Å². The van der Waals surface area contributed by atoms with Crippen molar-refractivity contribution < 1.29 is 4.42 Å². The lowest BCUT2D eigenvalue weighted by molar-refractivity contribution is 0.669. The Balaban J connectivity index is 1.02. The molecule has 5 nitrogen and oxygen atoms in total. The molecule has 3 heterocycles. The van der Waals surface area contributed by atoms with Crippen molar-refractivity contribution in [1.82, 2.24) is 9.13 Å². The standard InChI is InChI=1S/C50H28N4O/c51-29-31-9-17-37(18-10-31)53-45-7-3-1-5-39(45)41-25-33(13-21-47(41)53)35-15-23-49-43(27-35)44-28-36(16-24-50(44)55-49)34-14-22-48-42(26-34)40-6-2-4-8-46(40)54(48)38-19-11-32(30-52)12-20-38/h1-28H. The molecule has 5 heteroatoms. The lowest BCUT2D eigenvalue weighted by Gasteiger charge is -2.09. The first kappa shape index (κ1) is 30.7. The van der Waals surface area contributed by atoms with E-state index in [0.717, 1.165) is 77.6 Å². The van der Waals surface area contributed by atoms with Crippen molar-refractivity contribution in [1.29, 1.82) is 10.5 Å². The highest BCUT2D eigenvalue weighted by molar-refractivity contribution is 6.13. The number of hydrogen-bond donors (Lipinski definition) is 0. The molecular formula is C50H28N4O. The Bertz CT molecular complexity index is 3210. The SMILES string of the molecule is N#Cc1ccc(-n2c3ccccc3c3cc(-c4ccc5oc6ccc(-c7ccc8c(c7)c7ccccc7n8-c7ccc(C#N)cc7)cc6c5c4)ccc32)cc1. The van der Waals surface area contributed by atoms with E-state index in [-0.39, 0.29) is 0 Å². The minimum absolute atomic E-state index is 0.645. The van der Waals surface area contributed by atoms with Crippen LogP contribution in [-0.4, -0.2) is 9.13 Å². The first-order chi connectivity index (χ1) is 27.1. The quantitative estimate of drug-likeness (QED) is 0.183. The average Bonchev–Trinajstić information content (AvgIpc) is 3.90. The molecule has 55 heavy (non-hydrogen) atoms. The number of aromatic nitrogens is 2. The van der Waals surface area contributed by atoms with Crippen molar-refractivity contribution in [2.24, 2.45) is 0 Å². The molecule has 0 saturated heterocycles. The van der Waals surface area contributed by atoms with E-state index >= 15 is 0 Å². The van der Waals surface area contributed by atoms with E-state index < -0.39 is 0 Å². The fourth-order valence-electron chi connectivity index (χ4n) is 8.37. The van der Waals surface area contributed by atoms with Crippen LogP contribution in [0.1, 0.15) is 11.1 Å². The van der Waals surface area contributed by atoms with Crippen LogP contribution < -0.4 is 0 Å². The monoisotopic (exact) mass is 700 g/mol. The lowest BCUT2D eigenvalue weighted by Crippen LogP contribution is -1.93. The lowest BCUT2D eigenvalue weighted by atomic mass is 9.98. The van der Waals surface area contributed by atoms with Gasteiger partial charge in [-0.2, -0.15) is 10.5 Å². The summed E-state index contributed by atoms with van der Waals surface area (Å²) in [6, 6.07) is 63.3. The molecule has 0 aliphatic carbocycles. The molecule has 0 bridgehead atoms. The largest absolute Gasteiger partial charge is 0.456 e. The zero-order valence-electron chi connectivity index (χ0n) is 29.4. The van der Waals surface area contributed by atoms with Crippen LogP contribution in [0.3, 0.4) is 0 Å². The highest BCUT2D eigenvalue weighted by Crippen LogP contribution is 2.40. The molecule has 0 aliphatic rings. The minimum Gasteiger partial charge on any atom is -0.456 e. The van der Waals surface area contributed by atoms with Crippen molar-refractivity contribution in [2.75, 3.05) is 0 Å². The Labute approximate surface area is 315 Å². The zero-order chi connectivity index (χ0) is 36.6. The summed E-state index contributed by atoms with van der Waals surface area (Å²) in [5.41, 5.74) is 14.0. The molecule has 0 N–H and O–H groups in total. The summed E-state index contributed by atoms with van der Waals surface area (Å²) in [6.45, 7) is 0. The maximum atomic E-state index is 9.36. The van der Waals surface area contributed by atoms with E-state index in [2.05, 4.69) is 143 Å². The number of rotatable bonds is 4. The van der Waals surface area contributed by atoms with Gasteiger partial charge in [-0.05, 0) is 131 Å². The Kier molecular flexibility index (Phi) is 6.61. The van der Waals surface area contributed by atoms with Gasteiger partial charge in [-0.1, -0.05) is 60.7 Å². The second-order valence-electron chi connectivity index (χ2n) is 14.0. The molecule has 0 atom stereocenters. The molecule has 11 aromatic rings. The molecule has 254 valence electrons. The molecule has 0 saturated carbocycles. The molecule has 11 rings (SSSR count). The van der Waals surface area contributed by atoms with Gasteiger partial charge in [0, 0.05) is 43.7 Å². The van der Waals surface area contributed by atoms with Crippen molar-refractivity contribution in [3.63, 3.8) is 0 Å². The van der Waals surface area contributed by atoms with Crippen LogP contribution >= 0.6 is 0 Å². The fourth-order valence-corrected chi connectivity index (χ4v) is 8.37. The second kappa shape index (κ2) is 11.8. The number of fused-ring (bicyclic) bond motifs is 9. The number of benzene rings is 8. The first-order valence-electron chi connectivity index (χ1n) is 18.2. The maximum Gasteiger partial charge on any atom is 0.135 e. The summed E-state index contributed by atoms with van der Waals surface area (Å²) in [4.78, 5) is 0. The molecule has 8 aromatic carbocycles. The third-order valence-corrected chi connectivity index (χ3v) is 11.0. The normalized spacial score (nSPS) is 11.6. The van der Waals surface area contributed by atoms with Crippen molar-refractivity contribution in [2.45, 2.75) is 0 Å². The first-order valence-corrected chi connectivity index (χ1v) is 18.2. The van der Waals surface area contributed by atoms with Crippen LogP contribution in [0.2, 0.25) is 0 Å². The summed E-state index contributed by atoms with van der Waals surface area (Å²) in [7, 11) is 0. The minimum atomic E-state index is 0.645. The van der Waals surface area contributed by atoms with E-state index in [1.807, 2.05) is 48.5 Å². The van der Waals surface area contributed by atoms with E-state index in [1.165, 1.54) is 21.5 Å². The van der Waals surface area contributed by atoms with Crippen molar-refractivity contribution in [3.05, 3.63) is 181 Å². The Morgan fingerprint density at radius 3 is 1.13 bits per heavy atom. The van der Waals surface area contributed by atoms with E-state index in [1.54, 1.807) is 0 Å². The highest BCUT2D eigenvalue weighted by Gasteiger charge is 2.17. The highest BCUT2D eigenvalue weighted by atomic mass is 16.3.